The average Bonchev–Trinajstić information content (AvgIpc) is 2.39. The summed E-state index contributed by atoms with van der Waals surface area (Å²) in [5.74, 6) is 0.926. The van der Waals surface area contributed by atoms with Gasteiger partial charge in [0.25, 0.3) is 0 Å². The van der Waals surface area contributed by atoms with Crippen LogP contribution in [0.2, 0.25) is 10.0 Å². The van der Waals surface area contributed by atoms with Gasteiger partial charge in [-0.05, 0) is 31.4 Å². The molecule has 0 atom stereocenters. The van der Waals surface area contributed by atoms with Gasteiger partial charge in [0.15, 0.2) is 0 Å². The van der Waals surface area contributed by atoms with E-state index in [9.17, 15) is 0 Å². The summed E-state index contributed by atoms with van der Waals surface area (Å²) in [5.41, 5.74) is 0.653. The molecule has 0 amide bonds. The smallest absolute Gasteiger partial charge is 0.201 e. The molecule has 1 aromatic rings. The molecule has 0 aromatic heterocycles. The first-order valence-electron chi connectivity index (χ1n) is 6.54. The predicted octanol–water partition coefficient (Wildman–Crippen LogP) is 4.45. The molecule has 3 nitrogen and oxygen atoms in total. The summed E-state index contributed by atoms with van der Waals surface area (Å²) >= 11 is 12.4. The van der Waals surface area contributed by atoms with Gasteiger partial charge in [0.05, 0.1) is 10.0 Å². The number of piperidine rings is 1. The molecule has 1 aromatic carbocycles. The maximum absolute atomic E-state index is 6.19. The summed E-state index contributed by atoms with van der Waals surface area (Å²) in [6.07, 6.45) is 3.72. The maximum atomic E-state index is 6.19. The first kappa shape index (κ1) is 17.4. The van der Waals surface area contributed by atoms with E-state index >= 15 is 0 Å². The van der Waals surface area contributed by atoms with Crippen molar-refractivity contribution in [3.8, 4) is 0 Å². The lowest BCUT2D eigenvalue weighted by atomic mass is 10.1. The molecule has 0 saturated carbocycles. The molecule has 0 aliphatic carbocycles. The van der Waals surface area contributed by atoms with Gasteiger partial charge >= 0.3 is 0 Å². The zero-order chi connectivity index (χ0) is 13.8. The number of benzene rings is 1. The minimum Gasteiger partial charge on any atom is -0.349 e. The van der Waals surface area contributed by atoms with Crippen LogP contribution in [-0.4, -0.2) is 42.9 Å². The van der Waals surface area contributed by atoms with Crippen molar-refractivity contribution in [2.45, 2.75) is 19.3 Å². The third-order valence-electron chi connectivity index (χ3n) is 3.19. The summed E-state index contributed by atoms with van der Waals surface area (Å²) < 4.78 is 0. The number of likely N-dealkylation sites (tertiary alicyclic amines) is 1. The fourth-order valence-electron chi connectivity index (χ4n) is 2.24. The molecule has 0 bridgehead atoms. The van der Waals surface area contributed by atoms with Gasteiger partial charge in [-0.15, -0.1) is 12.4 Å². The molecule has 20 heavy (non-hydrogen) atoms. The predicted molar refractivity (Wildman–Crippen MR) is 89.9 cm³/mol. The van der Waals surface area contributed by atoms with Gasteiger partial charge in [0.2, 0.25) is 5.96 Å². The number of hydrogen-bond donors (Lipinski definition) is 0. The Morgan fingerprint density at radius 2 is 1.65 bits per heavy atom. The first-order chi connectivity index (χ1) is 9.09. The molecule has 1 aliphatic rings. The van der Waals surface area contributed by atoms with Gasteiger partial charge in [0, 0.05) is 27.2 Å². The number of nitrogens with zero attached hydrogens (tertiary/aromatic N) is 3. The molecule has 1 heterocycles. The van der Waals surface area contributed by atoms with E-state index in [0.717, 1.165) is 19.0 Å². The van der Waals surface area contributed by atoms with E-state index in [4.69, 9.17) is 23.2 Å². The molecule has 1 aliphatic heterocycles. The van der Waals surface area contributed by atoms with Crippen molar-refractivity contribution in [2.75, 3.05) is 27.2 Å². The van der Waals surface area contributed by atoms with Gasteiger partial charge in [-0.25, -0.2) is 4.99 Å². The lowest BCUT2D eigenvalue weighted by Gasteiger charge is -2.33. The Balaban J connectivity index is 0.00000200. The number of halogens is 3. The van der Waals surface area contributed by atoms with Crippen LogP contribution in [-0.2, 0) is 0 Å². The second-order valence-electron chi connectivity index (χ2n) is 4.92. The lowest BCUT2D eigenvalue weighted by Crippen LogP contribution is -2.43. The average molecular weight is 337 g/mol. The highest BCUT2D eigenvalue weighted by molar-refractivity contribution is 6.38. The Morgan fingerprint density at radius 1 is 1.10 bits per heavy atom. The summed E-state index contributed by atoms with van der Waals surface area (Å²) in [4.78, 5) is 9.00. The molecule has 0 spiro atoms. The highest BCUT2D eigenvalue weighted by Crippen LogP contribution is 2.33. The second-order valence-corrected chi connectivity index (χ2v) is 5.74. The van der Waals surface area contributed by atoms with E-state index in [1.165, 1.54) is 19.3 Å². The molecule has 6 heteroatoms. The third kappa shape index (κ3) is 4.18. The molecular weight excluding hydrogens is 317 g/mol. The number of para-hydroxylation sites is 1. The third-order valence-corrected chi connectivity index (χ3v) is 3.80. The van der Waals surface area contributed by atoms with Crippen molar-refractivity contribution >= 4 is 47.3 Å². The van der Waals surface area contributed by atoms with Crippen LogP contribution in [0.5, 0.6) is 0 Å². The van der Waals surface area contributed by atoms with E-state index in [1.54, 1.807) is 0 Å². The minimum absolute atomic E-state index is 0. The van der Waals surface area contributed by atoms with Crippen molar-refractivity contribution in [2.24, 2.45) is 4.99 Å². The van der Waals surface area contributed by atoms with E-state index in [1.807, 2.05) is 37.2 Å². The monoisotopic (exact) mass is 335 g/mol. The summed E-state index contributed by atoms with van der Waals surface area (Å²) in [7, 11) is 4.00. The van der Waals surface area contributed by atoms with E-state index in [2.05, 4.69) is 9.89 Å². The van der Waals surface area contributed by atoms with Crippen molar-refractivity contribution in [1.82, 2.24) is 9.80 Å². The number of guanidine groups is 1. The zero-order valence-electron chi connectivity index (χ0n) is 11.8. The largest absolute Gasteiger partial charge is 0.349 e. The summed E-state index contributed by atoms with van der Waals surface area (Å²) in [5, 5.41) is 1.17. The topological polar surface area (TPSA) is 18.8 Å². The van der Waals surface area contributed by atoms with Crippen LogP contribution < -0.4 is 0 Å². The van der Waals surface area contributed by atoms with Gasteiger partial charge in [-0.2, -0.15) is 0 Å². The quantitative estimate of drug-likeness (QED) is 0.557. The summed E-state index contributed by atoms with van der Waals surface area (Å²) in [6, 6.07) is 5.46. The second kappa shape index (κ2) is 7.96. The van der Waals surface area contributed by atoms with Crippen LogP contribution >= 0.6 is 35.6 Å². The minimum atomic E-state index is 0. The lowest BCUT2D eigenvalue weighted by molar-refractivity contribution is 0.309. The van der Waals surface area contributed by atoms with E-state index < -0.39 is 0 Å². The van der Waals surface area contributed by atoms with Crippen LogP contribution in [0.25, 0.3) is 0 Å². The normalized spacial score (nSPS) is 15.8. The maximum Gasteiger partial charge on any atom is 0.201 e. The standard InChI is InChI=1S/C14H19Cl2N3.ClH/c1-18(2)14(19-9-4-3-5-10-19)17-13-11(15)7-6-8-12(13)16;/h6-8H,3-5,9-10H2,1-2H3;1H. The molecule has 1 saturated heterocycles. The van der Waals surface area contributed by atoms with Crippen molar-refractivity contribution in [3.05, 3.63) is 28.2 Å². The summed E-state index contributed by atoms with van der Waals surface area (Å²) in [6.45, 7) is 2.08. The Bertz CT molecular complexity index is 448. The molecule has 1 fully saturated rings. The Hall–Kier alpha value is -0.640. The fraction of sp³-hybridized carbons (Fsp3) is 0.500. The van der Waals surface area contributed by atoms with Crippen LogP contribution in [0, 0.1) is 0 Å². The molecule has 2 rings (SSSR count). The molecule has 0 radical (unpaired) electrons. The molecule has 112 valence electrons. The van der Waals surface area contributed by atoms with Gasteiger partial charge in [0.1, 0.15) is 5.69 Å². The molecule has 0 unspecified atom stereocenters. The Morgan fingerprint density at radius 3 is 2.15 bits per heavy atom. The van der Waals surface area contributed by atoms with E-state index in [0.29, 0.717) is 15.7 Å². The SMILES string of the molecule is CN(C)C(=Nc1c(Cl)cccc1Cl)N1CCCCC1.Cl. The van der Waals surface area contributed by atoms with Gasteiger partial charge < -0.3 is 9.80 Å². The zero-order valence-corrected chi connectivity index (χ0v) is 14.1. The molecular formula is C14H20Cl3N3. The van der Waals surface area contributed by atoms with Crippen molar-refractivity contribution < 1.29 is 0 Å². The number of hydrogen-bond acceptors (Lipinski definition) is 1. The number of rotatable bonds is 1. The van der Waals surface area contributed by atoms with Crippen molar-refractivity contribution in [3.63, 3.8) is 0 Å². The van der Waals surface area contributed by atoms with Crippen LogP contribution in [0.3, 0.4) is 0 Å². The van der Waals surface area contributed by atoms with Crippen LogP contribution in [0.15, 0.2) is 23.2 Å². The van der Waals surface area contributed by atoms with E-state index in [-0.39, 0.29) is 12.4 Å². The van der Waals surface area contributed by atoms with Crippen LogP contribution in [0.4, 0.5) is 5.69 Å². The Kier molecular flexibility index (Phi) is 6.93. The fourth-order valence-corrected chi connectivity index (χ4v) is 2.73. The highest BCUT2D eigenvalue weighted by atomic mass is 35.5. The van der Waals surface area contributed by atoms with Gasteiger partial charge in [-0.1, -0.05) is 29.3 Å². The first-order valence-corrected chi connectivity index (χ1v) is 7.30. The van der Waals surface area contributed by atoms with Gasteiger partial charge in [-0.3, -0.25) is 0 Å². The van der Waals surface area contributed by atoms with Crippen molar-refractivity contribution in [1.29, 1.82) is 0 Å². The number of aliphatic imine (C=N–C) groups is 1. The highest BCUT2D eigenvalue weighted by Gasteiger charge is 2.17. The molecule has 0 N–H and O–H groups in total. The Labute approximate surface area is 137 Å². The van der Waals surface area contributed by atoms with Crippen LogP contribution in [0.1, 0.15) is 19.3 Å².